The number of nitrogens with zero attached hydrogens (tertiary/aromatic N) is 2. The zero-order valence-electron chi connectivity index (χ0n) is 8.98. The summed E-state index contributed by atoms with van der Waals surface area (Å²) >= 11 is 0. The summed E-state index contributed by atoms with van der Waals surface area (Å²) in [4.78, 5) is 17.6. The Labute approximate surface area is 91.4 Å². The average Bonchev–Trinajstić information content (AvgIpc) is 2.68. The molecule has 1 heterocycles. The Balaban J connectivity index is 2.67. The maximum atomic E-state index is 10.8. The zero-order chi connectivity index (χ0) is 11.7. The highest BCUT2D eigenvalue weighted by molar-refractivity contribution is 5.81. The molecule has 1 N–H and O–H groups in total. The van der Waals surface area contributed by atoms with Gasteiger partial charge in [-0.15, -0.1) is 0 Å². The molecule has 6 heteroatoms. The van der Waals surface area contributed by atoms with E-state index in [4.69, 9.17) is 4.74 Å². The standard InChI is InChI=1S/C10H11N3O3/c1-3-10-11-6-4-8(13(14)15)9(16-2)5-7(6)12-10/h4-5H,3H2,1-2H3,(H,11,12). The molecule has 0 bridgehead atoms. The van der Waals surface area contributed by atoms with E-state index in [0.717, 1.165) is 12.2 Å². The fraction of sp³-hybridized carbons (Fsp3) is 0.300. The maximum absolute atomic E-state index is 10.8. The molecular weight excluding hydrogens is 210 g/mol. The van der Waals surface area contributed by atoms with Gasteiger partial charge in [0, 0.05) is 18.6 Å². The van der Waals surface area contributed by atoms with Crippen LogP contribution >= 0.6 is 0 Å². The molecule has 0 radical (unpaired) electrons. The number of aromatic amines is 1. The van der Waals surface area contributed by atoms with E-state index < -0.39 is 4.92 Å². The molecule has 0 saturated carbocycles. The highest BCUT2D eigenvalue weighted by Crippen LogP contribution is 2.30. The predicted octanol–water partition coefficient (Wildman–Crippen LogP) is 2.04. The third kappa shape index (κ3) is 1.58. The summed E-state index contributed by atoms with van der Waals surface area (Å²) in [5, 5.41) is 10.8. The first-order valence-corrected chi connectivity index (χ1v) is 4.86. The van der Waals surface area contributed by atoms with Gasteiger partial charge in [0.15, 0.2) is 5.75 Å². The van der Waals surface area contributed by atoms with Crippen molar-refractivity contribution in [2.24, 2.45) is 0 Å². The number of nitro groups is 1. The summed E-state index contributed by atoms with van der Waals surface area (Å²) < 4.78 is 4.96. The van der Waals surface area contributed by atoms with Gasteiger partial charge in [-0.25, -0.2) is 4.98 Å². The fourth-order valence-corrected chi connectivity index (χ4v) is 1.55. The minimum atomic E-state index is -0.468. The third-order valence-electron chi connectivity index (χ3n) is 2.36. The highest BCUT2D eigenvalue weighted by atomic mass is 16.6. The largest absolute Gasteiger partial charge is 0.490 e. The van der Waals surface area contributed by atoms with Gasteiger partial charge in [0.25, 0.3) is 0 Å². The molecule has 0 aliphatic heterocycles. The van der Waals surface area contributed by atoms with Crippen molar-refractivity contribution in [1.29, 1.82) is 0 Å². The molecular formula is C10H11N3O3. The number of ether oxygens (including phenoxy) is 1. The minimum Gasteiger partial charge on any atom is -0.490 e. The van der Waals surface area contributed by atoms with Gasteiger partial charge in [-0.1, -0.05) is 6.92 Å². The van der Waals surface area contributed by atoms with Crippen LogP contribution in [-0.2, 0) is 6.42 Å². The number of hydrogen-bond donors (Lipinski definition) is 1. The molecule has 2 aromatic rings. The second-order valence-corrected chi connectivity index (χ2v) is 3.34. The minimum absolute atomic E-state index is 0.0543. The van der Waals surface area contributed by atoms with Crippen molar-refractivity contribution in [3.05, 3.63) is 28.1 Å². The Hall–Kier alpha value is -2.11. The van der Waals surface area contributed by atoms with Crippen LogP contribution in [0, 0.1) is 10.1 Å². The van der Waals surface area contributed by atoms with Crippen molar-refractivity contribution in [3.8, 4) is 5.75 Å². The Bertz CT molecular complexity index is 547. The number of H-pyrrole nitrogens is 1. The van der Waals surface area contributed by atoms with E-state index in [1.54, 1.807) is 6.07 Å². The Morgan fingerprint density at radius 2 is 2.31 bits per heavy atom. The normalized spacial score (nSPS) is 10.6. The van der Waals surface area contributed by atoms with E-state index >= 15 is 0 Å². The first-order chi connectivity index (χ1) is 7.65. The number of nitrogens with one attached hydrogen (secondary N) is 1. The molecule has 1 aromatic carbocycles. The second-order valence-electron chi connectivity index (χ2n) is 3.34. The summed E-state index contributed by atoms with van der Waals surface area (Å²) in [6, 6.07) is 3.02. The molecule has 0 fully saturated rings. The summed E-state index contributed by atoms with van der Waals surface area (Å²) in [5.74, 6) is 1.03. The molecule has 0 spiro atoms. The molecule has 0 atom stereocenters. The lowest BCUT2D eigenvalue weighted by molar-refractivity contribution is -0.385. The van der Waals surface area contributed by atoms with Gasteiger partial charge in [-0.05, 0) is 0 Å². The third-order valence-corrected chi connectivity index (χ3v) is 2.36. The molecule has 0 saturated heterocycles. The van der Waals surface area contributed by atoms with Crippen LogP contribution in [0.5, 0.6) is 5.75 Å². The van der Waals surface area contributed by atoms with E-state index in [0.29, 0.717) is 11.0 Å². The summed E-state index contributed by atoms with van der Waals surface area (Å²) in [6.07, 6.45) is 0.755. The van der Waals surface area contributed by atoms with Crippen molar-refractivity contribution in [1.82, 2.24) is 9.97 Å². The van der Waals surface area contributed by atoms with E-state index in [1.165, 1.54) is 13.2 Å². The SMILES string of the molecule is CCc1nc2cc(OC)c([N+](=O)[O-])cc2[nH]1. The molecule has 84 valence electrons. The molecule has 0 aliphatic rings. The van der Waals surface area contributed by atoms with Gasteiger partial charge in [0.2, 0.25) is 0 Å². The number of rotatable bonds is 3. The molecule has 1 aromatic heterocycles. The Kier molecular flexibility index (Phi) is 2.47. The number of nitro benzene ring substituents is 1. The monoisotopic (exact) mass is 221 g/mol. The van der Waals surface area contributed by atoms with Gasteiger partial charge < -0.3 is 9.72 Å². The lowest BCUT2D eigenvalue weighted by Gasteiger charge is -2.00. The van der Waals surface area contributed by atoms with E-state index in [9.17, 15) is 10.1 Å². The lowest BCUT2D eigenvalue weighted by Crippen LogP contribution is -1.93. The van der Waals surface area contributed by atoms with Crippen LogP contribution in [0.15, 0.2) is 12.1 Å². The van der Waals surface area contributed by atoms with Crippen LogP contribution in [0.2, 0.25) is 0 Å². The van der Waals surface area contributed by atoms with Crippen molar-refractivity contribution >= 4 is 16.7 Å². The van der Waals surface area contributed by atoms with E-state index in [2.05, 4.69) is 9.97 Å². The number of imidazole rings is 1. The highest BCUT2D eigenvalue weighted by Gasteiger charge is 2.17. The molecule has 0 unspecified atom stereocenters. The number of fused-ring (bicyclic) bond motifs is 1. The van der Waals surface area contributed by atoms with Crippen LogP contribution in [-0.4, -0.2) is 22.0 Å². The second kappa shape index (κ2) is 3.80. The van der Waals surface area contributed by atoms with Gasteiger partial charge in [0.05, 0.1) is 23.1 Å². The van der Waals surface area contributed by atoms with Gasteiger partial charge in [-0.3, -0.25) is 10.1 Å². The first-order valence-electron chi connectivity index (χ1n) is 4.86. The van der Waals surface area contributed by atoms with Crippen LogP contribution in [0.1, 0.15) is 12.7 Å². The lowest BCUT2D eigenvalue weighted by atomic mass is 10.2. The van der Waals surface area contributed by atoms with Crippen molar-refractivity contribution in [2.45, 2.75) is 13.3 Å². The molecule has 0 amide bonds. The molecule has 2 rings (SSSR count). The van der Waals surface area contributed by atoms with E-state index in [-0.39, 0.29) is 11.4 Å². The van der Waals surface area contributed by atoms with Crippen LogP contribution in [0.25, 0.3) is 11.0 Å². The maximum Gasteiger partial charge on any atom is 0.313 e. The fourth-order valence-electron chi connectivity index (χ4n) is 1.55. The van der Waals surface area contributed by atoms with Crippen molar-refractivity contribution in [3.63, 3.8) is 0 Å². The first kappa shape index (κ1) is 10.4. The van der Waals surface area contributed by atoms with Gasteiger partial charge >= 0.3 is 5.69 Å². The van der Waals surface area contributed by atoms with Crippen LogP contribution in [0.4, 0.5) is 5.69 Å². The molecule has 0 aliphatic carbocycles. The van der Waals surface area contributed by atoms with Crippen molar-refractivity contribution < 1.29 is 9.66 Å². The smallest absolute Gasteiger partial charge is 0.313 e. The van der Waals surface area contributed by atoms with Gasteiger partial charge in [0.1, 0.15) is 5.82 Å². The summed E-state index contributed by atoms with van der Waals surface area (Å²) in [5.41, 5.74) is 1.28. The number of hydrogen-bond acceptors (Lipinski definition) is 4. The molecule has 16 heavy (non-hydrogen) atoms. The van der Waals surface area contributed by atoms with Crippen LogP contribution in [0.3, 0.4) is 0 Å². The number of methoxy groups -OCH3 is 1. The van der Waals surface area contributed by atoms with Crippen LogP contribution < -0.4 is 4.74 Å². The topological polar surface area (TPSA) is 81.1 Å². The van der Waals surface area contributed by atoms with Crippen molar-refractivity contribution in [2.75, 3.05) is 7.11 Å². The number of aromatic nitrogens is 2. The number of benzene rings is 1. The van der Waals surface area contributed by atoms with Gasteiger partial charge in [-0.2, -0.15) is 0 Å². The molecule has 6 nitrogen and oxygen atoms in total. The summed E-state index contributed by atoms with van der Waals surface area (Å²) in [7, 11) is 1.40. The Morgan fingerprint density at radius 3 is 2.88 bits per heavy atom. The predicted molar refractivity (Wildman–Crippen MR) is 58.7 cm³/mol. The number of aryl methyl sites for hydroxylation is 1. The quantitative estimate of drug-likeness (QED) is 0.635. The Morgan fingerprint density at radius 1 is 1.56 bits per heavy atom. The zero-order valence-corrected chi connectivity index (χ0v) is 8.98. The average molecular weight is 221 g/mol. The summed E-state index contributed by atoms with van der Waals surface area (Å²) in [6.45, 7) is 1.96. The van der Waals surface area contributed by atoms with E-state index in [1.807, 2.05) is 6.92 Å².